The highest BCUT2D eigenvalue weighted by Crippen LogP contribution is 2.44. The summed E-state index contributed by atoms with van der Waals surface area (Å²) in [5.41, 5.74) is 7.17. The van der Waals surface area contributed by atoms with E-state index in [4.69, 9.17) is 0 Å². The zero-order chi connectivity index (χ0) is 15.5. The summed E-state index contributed by atoms with van der Waals surface area (Å²) in [6.07, 6.45) is 3.82. The number of hydrogen-bond acceptors (Lipinski definition) is 2. The summed E-state index contributed by atoms with van der Waals surface area (Å²) in [6.45, 7) is 4.42. The number of rotatable bonds is 6. The predicted molar refractivity (Wildman–Crippen MR) is 98.1 cm³/mol. The quantitative estimate of drug-likeness (QED) is 0.680. The molecule has 0 spiro atoms. The maximum absolute atomic E-state index is 3.38. The molecule has 3 rings (SSSR count). The minimum absolute atomic E-state index is 0.798. The Labute approximate surface area is 138 Å². The molecule has 0 bridgehead atoms. The molecular weight excluding hydrogens is 286 g/mol. The molecule has 0 radical (unpaired) electrons. The van der Waals surface area contributed by atoms with Gasteiger partial charge < -0.3 is 5.32 Å². The molecule has 2 aromatic rings. The van der Waals surface area contributed by atoms with Gasteiger partial charge in [-0.1, -0.05) is 36.8 Å². The van der Waals surface area contributed by atoms with Gasteiger partial charge in [0.1, 0.15) is 0 Å². The Bertz CT molecular complexity index is 659. The first-order valence-corrected chi connectivity index (χ1v) is 9.23. The third kappa shape index (κ3) is 3.33. The molecule has 0 amide bonds. The summed E-state index contributed by atoms with van der Waals surface area (Å²) in [5, 5.41) is 3.38. The van der Waals surface area contributed by atoms with Crippen molar-refractivity contribution < 1.29 is 0 Å². The summed E-state index contributed by atoms with van der Waals surface area (Å²) in [5.74, 6) is 1.85. The van der Waals surface area contributed by atoms with Gasteiger partial charge in [0, 0.05) is 23.4 Å². The monoisotopic (exact) mass is 311 g/mol. The summed E-state index contributed by atoms with van der Waals surface area (Å²) in [7, 11) is 2.03. The fraction of sp³-hybridized carbons (Fsp3) is 0.400. The first kappa shape index (κ1) is 15.5. The second-order valence-corrected chi connectivity index (χ2v) is 7.17. The number of anilines is 1. The summed E-state index contributed by atoms with van der Waals surface area (Å²) in [4.78, 5) is 1.44. The number of nitrogens with one attached hydrogen (secondary N) is 1. The molecule has 1 aliphatic carbocycles. The molecule has 0 aromatic heterocycles. The van der Waals surface area contributed by atoms with Crippen LogP contribution in [0, 0.1) is 6.92 Å². The van der Waals surface area contributed by atoms with Gasteiger partial charge in [0.2, 0.25) is 0 Å². The van der Waals surface area contributed by atoms with Crippen molar-refractivity contribution in [3.05, 3.63) is 58.7 Å². The number of benzene rings is 2. The van der Waals surface area contributed by atoms with Crippen molar-refractivity contribution in [3.63, 3.8) is 0 Å². The number of aryl methyl sites for hydroxylation is 2. The minimum Gasteiger partial charge on any atom is -0.388 e. The van der Waals surface area contributed by atoms with Gasteiger partial charge in [0.15, 0.2) is 0 Å². The molecule has 1 N–H and O–H groups in total. The highest BCUT2D eigenvalue weighted by atomic mass is 32.2. The van der Waals surface area contributed by atoms with Gasteiger partial charge in [0.05, 0.1) is 0 Å². The van der Waals surface area contributed by atoms with Gasteiger partial charge in [-0.3, -0.25) is 0 Å². The molecule has 1 saturated carbocycles. The minimum atomic E-state index is 0.798. The van der Waals surface area contributed by atoms with Crippen molar-refractivity contribution in [3.8, 4) is 0 Å². The van der Waals surface area contributed by atoms with Gasteiger partial charge >= 0.3 is 0 Å². The van der Waals surface area contributed by atoms with E-state index in [0.29, 0.717) is 0 Å². The molecule has 1 nitrogen and oxygen atoms in total. The van der Waals surface area contributed by atoms with Crippen LogP contribution in [-0.4, -0.2) is 7.05 Å². The van der Waals surface area contributed by atoms with Gasteiger partial charge in [-0.25, -0.2) is 0 Å². The number of thioether (sulfide) groups is 1. The highest BCUT2D eigenvalue weighted by molar-refractivity contribution is 7.98. The van der Waals surface area contributed by atoms with Crippen molar-refractivity contribution in [2.24, 2.45) is 0 Å². The molecule has 0 heterocycles. The SMILES string of the molecule is CCc1ccc(C)cc1SCc1c(NC)cccc1C1CC1. The second-order valence-electron chi connectivity index (χ2n) is 6.15. The Kier molecular flexibility index (Phi) is 4.77. The van der Waals surface area contributed by atoms with Gasteiger partial charge in [-0.05, 0) is 60.9 Å². The molecule has 0 aliphatic heterocycles. The normalized spacial score (nSPS) is 14.1. The molecular formula is C20H25NS. The average Bonchev–Trinajstić information content (AvgIpc) is 3.37. The van der Waals surface area contributed by atoms with Gasteiger partial charge in [-0.2, -0.15) is 0 Å². The summed E-state index contributed by atoms with van der Waals surface area (Å²) < 4.78 is 0. The van der Waals surface area contributed by atoms with E-state index in [9.17, 15) is 0 Å². The lowest BCUT2D eigenvalue weighted by molar-refractivity contribution is 1.07. The maximum Gasteiger partial charge on any atom is 0.0381 e. The lowest BCUT2D eigenvalue weighted by atomic mass is 10.0. The third-order valence-electron chi connectivity index (χ3n) is 4.47. The molecule has 1 fully saturated rings. The topological polar surface area (TPSA) is 12.0 Å². The first-order valence-electron chi connectivity index (χ1n) is 8.24. The average molecular weight is 311 g/mol. The van der Waals surface area contributed by atoms with Crippen LogP contribution >= 0.6 is 11.8 Å². The zero-order valence-corrected chi connectivity index (χ0v) is 14.6. The van der Waals surface area contributed by atoms with Crippen LogP contribution in [0.3, 0.4) is 0 Å². The van der Waals surface area contributed by atoms with Crippen molar-refractivity contribution in [2.45, 2.75) is 49.7 Å². The summed E-state index contributed by atoms with van der Waals surface area (Å²) in [6, 6.07) is 13.6. The maximum atomic E-state index is 3.38. The van der Waals surface area contributed by atoms with E-state index < -0.39 is 0 Å². The molecule has 2 aromatic carbocycles. The molecule has 0 saturated heterocycles. The highest BCUT2D eigenvalue weighted by Gasteiger charge is 2.26. The van der Waals surface area contributed by atoms with Crippen LogP contribution in [-0.2, 0) is 12.2 Å². The van der Waals surface area contributed by atoms with Crippen LogP contribution in [0.2, 0.25) is 0 Å². The van der Waals surface area contributed by atoms with Gasteiger partial charge in [-0.15, -0.1) is 11.8 Å². The van der Waals surface area contributed by atoms with E-state index in [1.54, 1.807) is 5.56 Å². The third-order valence-corrected chi connectivity index (χ3v) is 5.60. The Morgan fingerprint density at radius 2 is 2.00 bits per heavy atom. The van der Waals surface area contributed by atoms with E-state index in [1.807, 2.05) is 18.8 Å². The van der Waals surface area contributed by atoms with Crippen LogP contribution in [0.15, 0.2) is 41.3 Å². The summed E-state index contributed by atoms with van der Waals surface area (Å²) >= 11 is 1.99. The van der Waals surface area contributed by atoms with Crippen molar-refractivity contribution in [1.82, 2.24) is 0 Å². The van der Waals surface area contributed by atoms with Crippen LogP contribution in [0.25, 0.3) is 0 Å². The fourth-order valence-corrected chi connectivity index (χ4v) is 4.30. The Morgan fingerprint density at radius 1 is 1.18 bits per heavy atom. The number of hydrogen-bond donors (Lipinski definition) is 1. The molecule has 22 heavy (non-hydrogen) atoms. The van der Waals surface area contributed by atoms with Crippen LogP contribution in [0.4, 0.5) is 5.69 Å². The van der Waals surface area contributed by atoms with Crippen LogP contribution in [0.1, 0.15) is 47.9 Å². The molecule has 116 valence electrons. The molecule has 1 aliphatic rings. The van der Waals surface area contributed by atoms with E-state index in [0.717, 1.165) is 18.1 Å². The Balaban J connectivity index is 1.86. The first-order chi connectivity index (χ1) is 10.7. The molecule has 0 atom stereocenters. The zero-order valence-electron chi connectivity index (χ0n) is 13.8. The van der Waals surface area contributed by atoms with Crippen molar-refractivity contribution in [1.29, 1.82) is 0 Å². The van der Waals surface area contributed by atoms with Gasteiger partial charge in [0.25, 0.3) is 0 Å². The van der Waals surface area contributed by atoms with E-state index in [2.05, 4.69) is 55.6 Å². The molecule has 2 heteroatoms. The lowest BCUT2D eigenvalue weighted by Gasteiger charge is -2.15. The van der Waals surface area contributed by atoms with E-state index in [-0.39, 0.29) is 0 Å². The Morgan fingerprint density at radius 3 is 2.68 bits per heavy atom. The standard InChI is InChI=1S/C20H25NS/c1-4-15-9-8-14(2)12-20(15)22-13-18-17(16-10-11-16)6-5-7-19(18)21-3/h5-9,12,16,21H,4,10-11,13H2,1-3H3. The molecule has 0 unspecified atom stereocenters. The van der Waals surface area contributed by atoms with Crippen LogP contribution < -0.4 is 5.32 Å². The largest absolute Gasteiger partial charge is 0.388 e. The van der Waals surface area contributed by atoms with E-state index in [1.165, 1.54) is 40.1 Å². The van der Waals surface area contributed by atoms with E-state index >= 15 is 0 Å². The van der Waals surface area contributed by atoms with Crippen molar-refractivity contribution in [2.75, 3.05) is 12.4 Å². The lowest BCUT2D eigenvalue weighted by Crippen LogP contribution is -1.99. The Hall–Kier alpha value is -1.41. The second kappa shape index (κ2) is 6.78. The smallest absolute Gasteiger partial charge is 0.0381 e. The predicted octanol–water partition coefficient (Wildman–Crippen LogP) is 5.77. The van der Waals surface area contributed by atoms with Crippen molar-refractivity contribution >= 4 is 17.4 Å². The fourth-order valence-electron chi connectivity index (χ4n) is 3.01. The van der Waals surface area contributed by atoms with Crippen LogP contribution in [0.5, 0.6) is 0 Å².